The second-order valence-electron chi connectivity index (χ2n) is 10.5. The van der Waals surface area contributed by atoms with Gasteiger partial charge in [0.25, 0.3) is 11.8 Å². The van der Waals surface area contributed by atoms with E-state index >= 15 is 0 Å². The Morgan fingerprint density at radius 3 is 2.36 bits per heavy atom. The Labute approximate surface area is 227 Å². The number of aromatic nitrogens is 1. The first-order chi connectivity index (χ1) is 18.6. The van der Waals surface area contributed by atoms with Crippen LogP contribution in [0.15, 0.2) is 67.0 Å². The quantitative estimate of drug-likeness (QED) is 0.438. The Bertz CT molecular complexity index is 1330. The normalized spacial score (nSPS) is 14.0. The van der Waals surface area contributed by atoms with Crippen molar-refractivity contribution in [3.63, 3.8) is 0 Å². The van der Waals surface area contributed by atoms with Gasteiger partial charge in [0, 0.05) is 55.6 Å². The van der Waals surface area contributed by atoms with Crippen LogP contribution in [0.5, 0.6) is 0 Å². The summed E-state index contributed by atoms with van der Waals surface area (Å²) in [6, 6.07) is 14.3. The third-order valence-electron chi connectivity index (χ3n) is 6.13. The molecule has 2 heterocycles. The molecule has 4 rings (SSSR count). The molecule has 39 heavy (non-hydrogen) atoms. The van der Waals surface area contributed by atoms with Gasteiger partial charge in [-0.1, -0.05) is 12.1 Å². The number of carbonyl (C=O) groups is 3. The second-order valence-corrected chi connectivity index (χ2v) is 10.5. The molecule has 0 spiro atoms. The zero-order chi connectivity index (χ0) is 28.0. The fourth-order valence-electron chi connectivity index (χ4n) is 4.24. The van der Waals surface area contributed by atoms with E-state index in [1.165, 1.54) is 18.3 Å². The first-order valence-corrected chi connectivity index (χ1v) is 12.8. The smallest absolute Gasteiger partial charge is 0.323 e. The number of benzene rings is 2. The maximum atomic E-state index is 14.7. The summed E-state index contributed by atoms with van der Waals surface area (Å²) in [4.78, 5) is 45.5. The number of rotatable bonds is 6. The predicted octanol–water partition coefficient (Wildman–Crippen LogP) is 4.35. The average molecular weight is 533 g/mol. The van der Waals surface area contributed by atoms with Crippen molar-refractivity contribution in [3.05, 3.63) is 89.5 Å². The lowest BCUT2D eigenvalue weighted by atomic mass is 10.1. The van der Waals surface area contributed by atoms with Gasteiger partial charge in [-0.3, -0.25) is 19.5 Å². The van der Waals surface area contributed by atoms with Crippen molar-refractivity contribution < 1.29 is 18.8 Å². The van der Waals surface area contributed by atoms with Crippen LogP contribution < -0.4 is 16.0 Å². The molecule has 0 unspecified atom stereocenters. The number of urea groups is 1. The molecule has 2 aromatic carbocycles. The van der Waals surface area contributed by atoms with E-state index in [0.717, 1.165) is 11.6 Å². The minimum Gasteiger partial charge on any atom is -0.347 e. The lowest BCUT2D eigenvalue weighted by molar-refractivity contribution is 0.0627. The number of piperazine rings is 1. The Morgan fingerprint density at radius 2 is 1.69 bits per heavy atom. The topological polar surface area (TPSA) is 107 Å². The van der Waals surface area contributed by atoms with E-state index in [-0.39, 0.29) is 28.6 Å². The summed E-state index contributed by atoms with van der Waals surface area (Å²) >= 11 is 0. The first-order valence-electron chi connectivity index (χ1n) is 12.8. The third kappa shape index (κ3) is 7.84. The summed E-state index contributed by atoms with van der Waals surface area (Å²) < 4.78 is 14.7. The Hall–Kier alpha value is -4.31. The molecule has 1 fully saturated rings. The monoisotopic (exact) mass is 532 g/mol. The van der Waals surface area contributed by atoms with Gasteiger partial charge in [-0.05, 0) is 68.8 Å². The number of halogens is 1. The largest absolute Gasteiger partial charge is 0.347 e. The molecule has 0 atom stereocenters. The van der Waals surface area contributed by atoms with Gasteiger partial charge in [0.2, 0.25) is 0 Å². The van der Waals surface area contributed by atoms with Gasteiger partial charge in [0.1, 0.15) is 5.82 Å². The van der Waals surface area contributed by atoms with Gasteiger partial charge in [-0.2, -0.15) is 0 Å². The van der Waals surface area contributed by atoms with E-state index in [0.29, 0.717) is 44.0 Å². The molecule has 204 valence electrons. The highest BCUT2D eigenvalue weighted by Crippen LogP contribution is 2.19. The van der Waals surface area contributed by atoms with Crippen LogP contribution in [0.2, 0.25) is 0 Å². The fourth-order valence-corrected chi connectivity index (χ4v) is 4.24. The third-order valence-corrected chi connectivity index (χ3v) is 6.13. The summed E-state index contributed by atoms with van der Waals surface area (Å²) in [5.41, 5.74) is 1.98. The van der Waals surface area contributed by atoms with E-state index in [4.69, 9.17) is 0 Å². The summed E-state index contributed by atoms with van der Waals surface area (Å²) in [5.74, 6) is -1.07. The molecule has 1 saturated heterocycles. The van der Waals surface area contributed by atoms with Crippen LogP contribution >= 0.6 is 0 Å². The first kappa shape index (κ1) is 27.7. The van der Waals surface area contributed by atoms with Gasteiger partial charge in [-0.25, -0.2) is 9.18 Å². The lowest BCUT2D eigenvalue weighted by Gasteiger charge is -2.35. The molecule has 0 saturated carbocycles. The van der Waals surface area contributed by atoms with Crippen molar-refractivity contribution in [2.75, 3.05) is 36.8 Å². The van der Waals surface area contributed by atoms with Crippen LogP contribution in [0, 0.1) is 5.82 Å². The van der Waals surface area contributed by atoms with Gasteiger partial charge >= 0.3 is 6.03 Å². The highest BCUT2D eigenvalue weighted by Gasteiger charge is 2.23. The zero-order valence-electron chi connectivity index (χ0n) is 22.3. The lowest BCUT2D eigenvalue weighted by Crippen LogP contribution is -2.48. The zero-order valence-corrected chi connectivity index (χ0v) is 22.3. The summed E-state index contributed by atoms with van der Waals surface area (Å²) in [7, 11) is 0. The molecule has 3 N–H and O–H groups in total. The van der Waals surface area contributed by atoms with Crippen LogP contribution in [0.25, 0.3) is 0 Å². The van der Waals surface area contributed by atoms with E-state index in [1.54, 1.807) is 29.3 Å². The van der Waals surface area contributed by atoms with E-state index < -0.39 is 11.8 Å². The number of nitrogens with zero attached hydrogens (tertiary/aromatic N) is 3. The molecule has 1 aliphatic heterocycles. The molecule has 0 bridgehead atoms. The van der Waals surface area contributed by atoms with E-state index in [2.05, 4.69) is 25.8 Å². The molecule has 0 aliphatic carbocycles. The van der Waals surface area contributed by atoms with Crippen molar-refractivity contribution in [1.29, 1.82) is 0 Å². The Morgan fingerprint density at radius 1 is 0.923 bits per heavy atom. The van der Waals surface area contributed by atoms with Crippen molar-refractivity contribution >= 4 is 29.2 Å². The van der Waals surface area contributed by atoms with Crippen LogP contribution in [-0.4, -0.2) is 64.3 Å². The van der Waals surface area contributed by atoms with Crippen LogP contribution in [-0.2, 0) is 6.54 Å². The fraction of sp³-hybridized carbons (Fsp3) is 0.310. The minimum atomic E-state index is -0.698. The van der Waals surface area contributed by atoms with Crippen LogP contribution in [0.1, 0.15) is 47.1 Å². The molecular weight excluding hydrogens is 499 g/mol. The Kier molecular flexibility index (Phi) is 8.55. The van der Waals surface area contributed by atoms with Gasteiger partial charge < -0.3 is 20.9 Å². The van der Waals surface area contributed by atoms with E-state index in [1.807, 2.05) is 39.0 Å². The molecule has 1 aliphatic rings. The molecule has 4 amide bonds. The van der Waals surface area contributed by atoms with Gasteiger partial charge in [0.05, 0.1) is 17.6 Å². The highest BCUT2D eigenvalue weighted by molar-refractivity contribution is 6.00. The predicted molar refractivity (Wildman–Crippen MR) is 148 cm³/mol. The molecular formula is C29H33FN6O3. The average Bonchev–Trinajstić information content (AvgIpc) is 2.89. The molecule has 1 aromatic heterocycles. The number of hydrogen-bond donors (Lipinski definition) is 3. The summed E-state index contributed by atoms with van der Waals surface area (Å²) in [6.45, 7) is 8.80. The van der Waals surface area contributed by atoms with Crippen molar-refractivity contribution in [3.8, 4) is 0 Å². The molecule has 3 aromatic rings. The second kappa shape index (κ2) is 12.0. The molecule has 9 nitrogen and oxygen atoms in total. The van der Waals surface area contributed by atoms with Crippen molar-refractivity contribution in [2.45, 2.75) is 32.9 Å². The van der Waals surface area contributed by atoms with Crippen LogP contribution in [0.4, 0.5) is 20.6 Å². The summed E-state index contributed by atoms with van der Waals surface area (Å²) in [6.07, 6.45) is 3.05. The maximum absolute atomic E-state index is 14.7. The highest BCUT2D eigenvalue weighted by atomic mass is 19.1. The summed E-state index contributed by atoms with van der Waals surface area (Å²) in [5, 5.41) is 7.99. The number of amides is 4. The SMILES string of the molecule is CC(C)(C)NC(=O)c1cccc(CN2CCN(C(=O)c3ccc(NC(=O)Nc4cccnc4)c(F)c3)CC2)c1. The van der Waals surface area contributed by atoms with Gasteiger partial charge in [0.15, 0.2) is 0 Å². The minimum absolute atomic E-state index is 0.0313. The number of hydrogen-bond acceptors (Lipinski definition) is 5. The van der Waals surface area contributed by atoms with E-state index in [9.17, 15) is 18.8 Å². The van der Waals surface area contributed by atoms with Crippen LogP contribution in [0.3, 0.4) is 0 Å². The van der Waals surface area contributed by atoms with Crippen molar-refractivity contribution in [1.82, 2.24) is 20.1 Å². The standard InChI is InChI=1S/C29H33FN6O3/c1-29(2,3)34-26(37)21-7-4-6-20(16-21)19-35-12-14-36(15-13-35)27(38)22-9-10-25(24(30)17-22)33-28(39)32-23-8-5-11-31-18-23/h4-11,16-18H,12-15,19H2,1-3H3,(H,34,37)(H2,32,33,39). The molecule has 0 radical (unpaired) electrons. The van der Waals surface area contributed by atoms with Gasteiger partial charge in [-0.15, -0.1) is 0 Å². The number of nitrogens with one attached hydrogen (secondary N) is 3. The number of carbonyl (C=O) groups excluding carboxylic acids is 3. The van der Waals surface area contributed by atoms with Crippen molar-refractivity contribution in [2.24, 2.45) is 0 Å². The number of anilines is 2. The maximum Gasteiger partial charge on any atom is 0.323 e. The molecule has 10 heteroatoms. The number of pyridine rings is 1. The Balaban J connectivity index is 1.29.